The summed E-state index contributed by atoms with van der Waals surface area (Å²) < 4.78 is 65.7. The number of aromatic nitrogens is 1. The Bertz CT molecular complexity index is 1150. The number of hydrogen-bond acceptors (Lipinski definition) is 4. The highest BCUT2D eigenvalue weighted by molar-refractivity contribution is 7.09. The molecule has 0 saturated heterocycles. The average molecular weight is 444 g/mol. The standard InChI is InChI=1S/C19H13F5N2O3S/c20-13-4-1-9(6-15-17(28)26-18(29)30-15)5-10(13)8-25-16(27)12-3-2-11(7-14(12)21)19(22,23)24/h1-5,7,28H,6,8H2,(H,25,27)(H,26,29). The molecule has 158 valence electrons. The Morgan fingerprint density at radius 2 is 1.83 bits per heavy atom. The quantitative estimate of drug-likeness (QED) is 0.521. The predicted molar refractivity (Wildman–Crippen MR) is 98.4 cm³/mol. The second-order valence-corrected chi connectivity index (χ2v) is 7.33. The number of alkyl halides is 3. The van der Waals surface area contributed by atoms with Crippen LogP contribution in [-0.2, 0) is 19.1 Å². The SMILES string of the molecule is O=C(NCc1cc(Cc2sc(=O)[nH]c2O)ccc1F)c1ccc(C(F)(F)F)cc1F. The molecule has 5 nitrogen and oxygen atoms in total. The van der Waals surface area contributed by atoms with Crippen molar-refractivity contribution < 1.29 is 31.9 Å². The normalized spacial score (nSPS) is 11.5. The Hall–Kier alpha value is -3.21. The fourth-order valence-electron chi connectivity index (χ4n) is 2.68. The van der Waals surface area contributed by atoms with Crippen LogP contribution in [0.4, 0.5) is 22.0 Å². The van der Waals surface area contributed by atoms with E-state index in [0.717, 1.165) is 17.4 Å². The van der Waals surface area contributed by atoms with Crippen LogP contribution in [0.2, 0.25) is 0 Å². The van der Waals surface area contributed by atoms with Crippen LogP contribution in [0.5, 0.6) is 5.88 Å². The fourth-order valence-corrected chi connectivity index (χ4v) is 3.44. The van der Waals surface area contributed by atoms with E-state index in [2.05, 4.69) is 10.3 Å². The van der Waals surface area contributed by atoms with E-state index in [1.54, 1.807) is 0 Å². The van der Waals surface area contributed by atoms with Crippen molar-refractivity contribution >= 4 is 17.2 Å². The maximum atomic E-state index is 14.1. The largest absolute Gasteiger partial charge is 0.494 e. The van der Waals surface area contributed by atoms with E-state index >= 15 is 0 Å². The summed E-state index contributed by atoms with van der Waals surface area (Å²) in [7, 11) is 0. The molecule has 0 fully saturated rings. The molecule has 11 heteroatoms. The molecular formula is C19H13F5N2O3S. The Labute approximate surface area is 169 Å². The first kappa shape index (κ1) is 21.5. The highest BCUT2D eigenvalue weighted by Gasteiger charge is 2.31. The van der Waals surface area contributed by atoms with Crippen LogP contribution in [0.25, 0.3) is 0 Å². The molecule has 3 N–H and O–H groups in total. The molecule has 1 amide bonds. The van der Waals surface area contributed by atoms with Gasteiger partial charge in [0.1, 0.15) is 11.6 Å². The smallest absolute Gasteiger partial charge is 0.416 e. The number of rotatable bonds is 5. The van der Waals surface area contributed by atoms with E-state index in [-0.39, 0.29) is 30.5 Å². The van der Waals surface area contributed by atoms with Crippen molar-refractivity contribution in [3.63, 3.8) is 0 Å². The molecule has 0 aliphatic heterocycles. The number of halogens is 5. The van der Waals surface area contributed by atoms with Crippen LogP contribution in [-0.4, -0.2) is 16.0 Å². The maximum Gasteiger partial charge on any atom is 0.416 e. The second-order valence-electron chi connectivity index (χ2n) is 6.26. The maximum absolute atomic E-state index is 14.1. The lowest BCUT2D eigenvalue weighted by molar-refractivity contribution is -0.137. The first-order valence-electron chi connectivity index (χ1n) is 8.38. The topological polar surface area (TPSA) is 82.2 Å². The van der Waals surface area contributed by atoms with Gasteiger partial charge in [0.15, 0.2) is 0 Å². The van der Waals surface area contributed by atoms with Crippen molar-refractivity contribution in [3.05, 3.63) is 84.8 Å². The van der Waals surface area contributed by atoms with Crippen molar-refractivity contribution in [3.8, 4) is 5.88 Å². The average Bonchev–Trinajstić information content (AvgIpc) is 2.98. The minimum atomic E-state index is -4.75. The molecule has 0 bridgehead atoms. The van der Waals surface area contributed by atoms with Crippen LogP contribution in [0.15, 0.2) is 41.2 Å². The van der Waals surface area contributed by atoms with Gasteiger partial charge in [0, 0.05) is 18.5 Å². The van der Waals surface area contributed by atoms with Crippen LogP contribution in [0, 0.1) is 11.6 Å². The Morgan fingerprint density at radius 1 is 1.10 bits per heavy atom. The molecule has 0 radical (unpaired) electrons. The van der Waals surface area contributed by atoms with Crippen LogP contribution < -0.4 is 10.2 Å². The van der Waals surface area contributed by atoms with Gasteiger partial charge in [0.25, 0.3) is 5.91 Å². The summed E-state index contributed by atoms with van der Waals surface area (Å²) in [4.78, 5) is 25.5. The summed E-state index contributed by atoms with van der Waals surface area (Å²) in [5.74, 6) is -3.32. The van der Waals surface area contributed by atoms with Gasteiger partial charge < -0.3 is 10.4 Å². The molecular weight excluding hydrogens is 431 g/mol. The first-order chi connectivity index (χ1) is 14.0. The number of aromatic amines is 1. The number of amides is 1. The van der Waals surface area contributed by atoms with Gasteiger partial charge in [-0.25, -0.2) is 8.78 Å². The molecule has 2 aromatic carbocycles. The molecule has 30 heavy (non-hydrogen) atoms. The minimum absolute atomic E-state index is 0.0375. The van der Waals surface area contributed by atoms with Gasteiger partial charge in [-0.1, -0.05) is 23.5 Å². The van der Waals surface area contributed by atoms with Gasteiger partial charge >= 0.3 is 11.0 Å². The number of H-pyrrole nitrogens is 1. The molecule has 0 aliphatic carbocycles. The third-order valence-corrected chi connectivity index (χ3v) is 5.03. The van der Waals surface area contributed by atoms with Gasteiger partial charge in [-0.15, -0.1) is 0 Å². The summed E-state index contributed by atoms with van der Waals surface area (Å²) >= 11 is 0.793. The number of carbonyl (C=O) groups excluding carboxylic acids is 1. The number of nitrogens with one attached hydrogen (secondary N) is 2. The van der Waals surface area contributed by atoms with E-state index in [1.165, 1.54) is 12.1 Å². The lowest BCUT2D eigenvalue weighted by atomic mass is 10.1. The molecule has 3 rings (SSSR count). The number of benzene rings is 2. The summed E-state index contributed by atoms with van der Waals surface area (Å²) in [5, 5.41) is 11.9. The Balaban J connectivity index is 1.73. The van der Waals surface area contributed by atoms with Crippen molar-refractivity contribution in [1.82, 2.24) is 10.3 Å². The zero-order valence-corrected chi connectivity index (χ0v) is 15.8. The van der Waals surface area contributed by atoms with Crippen molar-refractivity contribution in [2.45, 2.75) is 19.1 Å². The summed E-state index contributed by atoms with van der Waals surface area (Å²) in [5.41, 5.74) is -1.27. The molecule has 0 atom stereocenters. The first-order valence-corrected chi connectivity index (χ1v) is 9.19. The Kier molecular flexibility index (Phi) is 5.92. The van der Waals surface area contributed by atoms with Gasteiger partial charge in [-0.2, -0.15) is 13.2 Å². The minimum Gasteiger partial charge on any atom is -0.494 e. The Morgan fingerprint density at radius 3 is 2.43 bits per heavy atom. The van der Waals surface area contributed by atoms with Crippen molar-refractivity contribution in [2.75, 3.05) is 0 Å². The van der Waals surface area contributed by atoms with Gasteiger partial charge in [-0.3, -0.25) is 14.6 Å². The number of aromatic hydroxyl groups is 1. The molecule has 0 aliphatic rings. The lowest BCUT2D eigenvalue weighted by Gasteiger charge is -2.11. The monoisotopic (exact) mass is 444 g/mol. The fraction of sp³-hybridized carbons (Fsp3) is 0.158. The highest BCUT2D eigenvalue weighted by Crippen LogP contribution is 2.30. The van der Waals surface area contributed by atoms with Crippen molar-refractivity contribution in [2.24, 2.45) is 0 Å². The number of carbonyl (C=O) groups is 1. The second kappa shape index (κ2) is 8.27. The third kappa shape index (κ3) is 4.85. The number of hydrogen-bond donors (Lipinski definition) is 3. The highest BCUT2D eigenvalue weighted by atomic mass is 32.1. The molecule has 1 heterocycles. The van der Waals surface area contributed by atoms with E-state index in [4.69, 9.17) is 0 Å². The summed E-state index contributed by atoms with van der Waals surface area (Å²) in [6, 6.07) is 5.44. The van der Waals surface area contributed by atoms with Gasteiger partial charge in [-0.05, 0) is 29.8 Å². The molecule has 0 unspecified atom stereocenters. The summed E-state index contributed by atoms with van der Waals surface area (Å²) in [6.45, 7) is -0.353. The van der Waals surface area contributed by atoms with Crippen LogP contribution in [0.1, 0.15) is 31.9 Å². The lowest BCUT2D eigenvalue weighted by Crippen LogP contribution is -2.24. The van der Waals surface area contributed by atoms with E-state index < -0.39 is 39.7 Å². The van der Waals surface area contributed by atoms with Crippen LogP contribution in [0.3, 0.4) is 0 Å². The molecule has 1 aromatic heterocycles. The van der Waals surface area contributed by atoms with Gasteiger partial charge in [0.2, 0.25) is 5.88 Å². The van der Waals surface area contributed by atoms with E-state index in [0.29, 0.717) is 22.6 Å². The summed E-state index contributed by atoms with van der Waals surface area (Å²) in [6.07, 6.45) is -4.62. The zero-order chi connectivity index (χ0) is 22.1. The van der Waals surface area contributed by atoms with Crippen LogP contribution >= 0.6 is 11.3 Å². The molecule has 0 spiro atoms. The zero-order valence-electron chi connectivity index (χ0n) is 14.9. The number of thiazole rings is 1. The predicted octanol–water partition coefficient (Wildman–Crippen LogP) is 3.96. The van der Waals surface area contributed by atoms with E-state index in [1.807, 2.05) is 0 Å². The third-order valence-electron chi connectivity index (χ3n) is 4.16. The van der Waals surface area contributed by atoms with Crippen molar-refractivity contribution in [1.29, 1.82) is 0 Å². The van der Waals surface area contributed by atoms with Gasteiger partial charge in [0.05, 0.1) is 16.0 Å². The van der Waals surface area contributed by atoms with E-state index in [9.17, 15) is 36.6 Å². The molecule has 0 saturated carbocycles. The molecule has 3 aromatic rings.